The van der Waals surface area contributed by atoms with E-state index in [-0.39, 0.29) is 0 Å². The van der Waals surface area contributed by atoms with Crippen molar-refractivity contribution < 1.29 is 4.52 Å². The first kappa shape index (κ1) is 7.94. The van der Waals surface area contributed by atoms with E-state index in [4.69, 9.17) is 10.3 Å². The largest absolute Gasteiger partial charge is 0.338 e. The zero-order valence-electron chi connectivity index (χ0n) is 6.29. The van der Waals surface area contributed by atoms with Gasteiger partial charge in [-0.2, -0.15) is 4.98 Å². The van der Waals surface area contributed by atoms with Gasteiger partial charge in [0.05, 0.1) is 6.54 Å². The average Bonchev–Trinajstić information content (AvgIpc) is 2.48. The zero-order valence-corrected chi connectivity index (χ0v) is 6.29. The van der Waals surface area contributed by atoms with Gasteiger partial charge in [-0.25, -0.2) is 0 Å². The molecular formula is C7H11N3O. The van der Waals surface area contributed by atoms with Crippen molar-refractivity contribution in [3.8, 4) is 0 Å². The normalized spacial score (nSPS) is 9.91. The summed E-state index contributed by atoms with van der Waals surface area (Å²) in [7, 11) is 0. The molecule has 1 aromatic heterocycles. The van der Waals surface area contributed by atoms with Gasteiger partial charge >= 0.3 is 0 Å². The van der Waals surface area contributed by atoms with Crippen LogP contribution >= 0.6 is 0 Å². The smallest absolute Gasteiger partial charge is 0.240 e. The van der Waals surface area contributed by atoms with Gasteiger partial charge < -0.3 is 10.3 Å². The van der Waals surface area contributed by atoms with Crippen molar-refractivity contribution in [2.75, 3.05) is 0 Å². The summed E-state index contributed by atoms with van der Waals surface area (Å²) in [4.78, 5) is 4.02. The lowest BCUT2D eigenvalue weighted by Crippen LogP contribution is -1.96. The van der Waals surface area contributed by atoms with Crippen LogP contribution in [0.5, 0.6) is 0 Å². The van der Waals surface area contributed by atoms with Gasteiger partial charge in [0.15, 0.2) is 5.82 Å². The highest BCUT2D eigenvalue weighted by atomic mass is 16.5. The van der Waals surface area contributed by atoms with Gasteiger partial charge in [0.25, 0.3) is 0 Å². The first-order valence-electron chi connectivity index (χ1n) is 3.49. The Hall–Kier alpha value is -1.16. The molecule has 0 bridgehead atoms. The van der Waals surface area contributed by atoms with Crippen LogP contribution in [0, 0.1) is 0 Å². The van der Waals surface area contributed by atoms with Crippen molar-refractivity contribution in [1.29, 1.82) is 0 Å². The van der Waals surface area contributed by atoms with E-state index in [1.807, 2.05) is 6.08 Å². The Morgan fingerprint density at radius 2 is 2.45 bits per heavy atom. The standard InChI is InChI=1S/C7H11N3O/c1-2-3-4-6-9-7(5-8)11-10-6/h2H,1,3-5,8H2. The van der Waals surface area contributed by atoms with Gasteiger partial charge in [0.2, 0.25) is 5.89 Å². The predicted octanol–water partition coefficient (Wildman–Crippen LogP) is 0.647. The van der Waals surface area contributed by atoms with Crippen LogP contribution < -0.4 is 5.73 Å². The molecule has 0 saturated carbocycles. The molecule has 11 heavy (non-hydrogen) atoms. The van der Waals surface area contributed by atoms with Crippen LogP contribution in [0.1, 0.15) is 18.1 Å². The molecule has 4 heteroatoms. The number of hydrogen-bond donors (Lipinski definition) is 1. The molecule has 1 rings (SSSR count). The van der Waals surface area contributed by atoms with E-state index >= 15 is 0 Å². The summed E-state index contributed by atoms with van der Waals surface area (Å²) >= 11 is 0. The molecule has 0 aliphatic rings. The lowest BCUT2D eigenvalue weighted by Gasteiger charge is -1.84. The van der Waals surface area contributed by atoms with E-state index in [0.717, 1.165) is 12.8 Å². The number of nitrogens with zero attached hydrogens (tertiary/aromatic N) is 2. The average molecular weight is 153 g/mol. The molecule has 0 aliphatic heterocycles. The highest BCUT2D eigenvalue weighted by Crippen LogP contribution is 1.99. The van der Waals surface area contributed by atoms with Crippen LogP contribution in [0.4, 0.5) is 0 Å². The highest BCUT2D eigenvalue weighted by Gasteiger charge is 2.01. The Balaban J connectivity index is 2.50. The van der Waals surface area contributed by atoms with Crippen molar-refractivity contribution in [3.05, 3.63) is 24.4 Å². The van der Waals surface area contributed by atoms with Gasteiger partial charge in [-0.05, 0) is 6.42 Å². The Bertz CT molecular complexity index is 231. The number of allylic oxidation sites excluding steroid dienone is 1. The second-order valence-corrected chi connectivity index (χ2v) is 2.14. The maximum atomic E-state index is 5.28. The first-order chi connectivity index (χ1) is 5.36. The van der Waals surface area contributed by atoms with E-state index in [9.17, 15) is 0 Å². The van der Waals surface area contributed by atoms with E-state index in [1.54, 1.807) is 0 Å². The van der Waals surface area contributed by atoms with Gasteiger partial charge in [0, 0.05) is 6.42 Å². The fourth-order valence-corrected chi connectivity index (χ4v) is 0.706. The summed E-state index contributed by atoms with van der Waals surface area (Å²) in [5.74, 6) is 1.19. The number of nitrogens with two attached hydrogens (primary N) is 1. The van der Waals surface area contributed by atoms with E-state index in [2.05, 4.69) is 16.7 Å². The van der Waals surface area contributed by atoms with Crippen molar-refractivity contribution >= 4 is 0 Å². The molecule has 0 aliphatic carbocycles. The molecule has 0 atom stereocenters. The van der Waals surface area contributed by atoms with Crippen LogP contribution in [0.25, 0.3) is 0 Å². The molecular weight excluding hydrogens is 142 g/mol. The molecule has 1 aromatic rings. The van der Waals surface area contributed by atoms with Gasteiger partial charge in [-0.3, -0.25) is 0 Å². The minimum absolute atomic E-state index is 0.307. The molecule has 0 saturated heterocycles. The molecule has 0 radical (unpaired) electrons. The van der Waals surface area contributed by atoms with Gasteiger partial charge in [0.1, 0.15) is 0 Å². The zero-order chi connectivity index (χ0) is 8.10. The Labute approximate surface area is 65.1 Å². The number of rotatable bonds is 4. The third-order valence-corrected chi connectivity index (χ3v) is 1.26. The molecule has 4 nitrogen and oxygen atoms in total. The molecule has 1 heterocycles. The monoisotopic (exact) mass is 153 g/mol. The van der Waals surface area contributed by atoms with Crippen LogP contribution in [0.3, 0.4) is 0 Å². The fourth-order valence-electron chi connectivity index (χ4n) is 0.706. The summed E-state index contributed by atoms with van der Waals surface area (Å²) in [5, 5.41) is 3.71. The molecule has 0 fully saturated rings. The quantitative estimate of drug-likeness (QED) is 0.645. The summed E-state index contributed by atoms with van der Waals surface area (Å²) in [6, 6.07) is 0. The van der Waals surface area contributed by atoms with E-state index < -0.39 is 0 Å². The number of aromatic nitrogens is 2. The topological polar surface area (TPSA) is 64.9 Å². The first-order valence-corrected chi connectivity index (χ1v) is 3.49. The van der Waals surface area contributed by atoms with Crippen molar-refractivity contribution in [2.24, 2.45) is 5.73 Å². The number of hydrogen-bond acceptors (Lipinski definition) is 4. The lowest BCUT2D eigenvalue weighted by atomic mass is 10.3. The van der Waals surface area contributed by atoms with Crippen LogP contribution in [-0.2, 0) is 13.0 Å². The van der Waals surface area contributed by atoms with Crippen LogP contribution in [0.2, 0.25) is 0 Å². The van der Waals surface area contributed by atoms with Crippen molar-refractivity contribution in [2.45, 2.75) is 19.4 Å². The SMILES string of the molecule is C=CCCc1noc(CN)n1. The minimum Gasteiger partial charge on any atom is -0.338 e. The third-order valence-electron chi connectivity index (χ3n) is 1.26. The highest BCUT2D eigenvalue weighted by molar-refractivity contribution is 4.87. The minimum atomic E-state index is 0.307. The van der Waals surface area contributed by atoms with E-state index in [1.165, 1.54) is 0 Å². The Morgan fingerprint density at radius 1 is 1.64 bits per heavy atom. The maximum absolute atomic E-state index is 5.28. The Kier molecular flexibility index (Phi) is 2.80. The molecule has 60 valence electrons. The summed E-state index contributed by atoms with van der Waals surface area (Å²) in [5.41, 5.74) is 5.28. The van der Waals surface area contributed by atoms with Crippen molar-refractivity contribution in [3.63, 3.8) is 0 Å². The van der Waals surface area contributed by atoms with Gasteiger partial charge in [-0.1, -0.05) is 11.2 Å². The van der Waals surface area contributed by atoms with Crippen LogP contribution in [0.15, 0.2) is 17.2 Å². The second-order valence-electron chi connectivity index (χ2n) is 2.14. The van der Waals surface area contributed by atoms with Gasteiger partial charge in [-0.15, -0.1) is 6.58 Å². The Morgan fingerprint density at radius 3 is 3.00 bits per heavy atom. The summed E-state index contributed by atoms with van der Waals surface area (Å²) in [6.07, 6.45) is 3.45. The maximum Gasteiger partial charge on any atom is 0.240 e. The van der Waals surface area contributed by atoms with Crippen molar-refractivity contribution in [1.82, 2.24) is 10.1 Å². The van der Waals surface area contributed by atoms with Crippen LogP contribution in [-0.4, -0.2) is 10.1 Å². The third kappa shape index (κ3) is 2.16. The molecule has 0 unspecified atom stereocenters. The molecule has 0 aromatic carbocycles. The molecule has 0 spiro atoms. The molecule has 0 amide bonds. The predicted molar refractivity (Wildman–Crippen MR) is 40.7 cm³/mol. The second kappa shape index (κ2) is 3.88. The summed E-state index contributed by atoms with van der Waals surface area (Å²) in [6.45, 7) is 3.90. The lowest BCUT2D eigenvalue weighted by molar-refractivity contribution is 0.374. The fraction of sp³-hybridized carbons (Fsp3) is 0.429. The number of aryl methyl sites for hydroxylation is 1. The molecule has 2 N–H and O–H groups in total. The van der Waals surface area contributed by atoms with E-state index in [0.29, 0.717) is 18.3 Å². The summed E-state index contributed by atoms with van der Waals surface area (Å²) < 4.78 is 4.79.